The average molecular weight is 235 g/mol. The van der Waals surface area contributed by atoms with Crippen molar-refractivity contribution in [2.75, 3.05) is 20.2 Å². The normalized spacial score (nSPS) is 31.8. The zero-order valence-electron chi connectivity index (χ0n) is 9.93. The van der Waals surface area contributed by atoms with E-state index >= 15 is 0 Å². The van der Waals surface area contributed by atoms with Gasteiger partial charge in [-0.15, -0.1) is 0 Å². The van der Waals surface area contributed by atoms with Crippen molar-refractivity contribution in [2.24, 2.45) is 11.8 Å². The standard InChI is InChI=1S/C12H17N3O2/c1-17-10-4-8-6-15(7-9(8)5-10)12(16)11-2-3-13-14-11/h2-3,8-10H,4-7H2,1H3,(H,13,14)/t8-,9+,10?. The van der Waals surface area contributed by atoms with Crippen LogP contribution in [-0.4, -0.2) is 47.3 Å². The molecule has 5 nitrogen and oxygen atoms in total. The second kappa shape index (κ2) is 4.14. The van der Waals surface area contributed by atoms with Gasteiger partial charge in [-0.1, -0.05) is 0 Å². The number of nitrogens with zero attached hydrogens (tertiary/aromatic N) is 2. The highest BCUT2D eigenvalue weighted by atomic mass is 16.5. The molecule has 0 radical (unpaired) electrons. The Bertz CT molecular complexity index is 390. The van der Waals surface area contributed by atoms with Crippen LogP contribution in [0.1, 0.15) is 23.3 Å². The number of carbonyl (C=O) groups excluding carboxylic acids is 1. The predicted molar refractivity (Wildman–Crippen MR) is 61.5 cm³/mol. The zero-order chi connectivity index (χ0) is 11.8. The monoisotopic (exact) mass is 235 g/mol. The SMILES string of the molecule is COC1C[C@@H]2CN(C(=O)c3ccn[nH]3)C[C@@H]2C1. The molecule has 1 aliphatic heterocycles. The zero-order valence-corrected chi connectivity index (χ0v) is 9.93. The van der Waals surface area contributed by atoms with Gasteiger partial charge < -0.3 is 9.64 Å². The number of aromatic amines is 1. The first kappa shape index (κ1) is 10.8. The minimum absolute atomic E-state index is 0.0749. The van der Waals surface area contributed by atoms with E-state index in [2.05, 4.69) is 10.2 Å². The van der Waals surface area contributed by atoms with Crippen molar-refractivity contribution in [3.8, 4) is 0 Å². The van der Waals surface area contributed by atoms with E-state index in [1.807, 2.05) is 4.90 Å². The summed E-state index contributed by atoms with van der Waals surface area (Å²) in [4.78, 5) is 14.1. The predicted octanol–water partition coefficient (Wildman–Crippen LogP) is 0.907. The number of nitrogens with one attached hydrogen (secondary N) is 1. The second-order valence-electron chi connectivity index (χ2n) is 5.03. The molecule has 1 aromatic heterocycles. The Morgan fingerprint density at radius 1 is 1.47 bits per heavy atom. The minimum atomic E-state index is 0.0749. The van der Waals surface area contributed by atoms with Crippen LogP contribution in [0.15, 0.2) is 12.3 Å². The van der Waals surface area contributed by atoms with E-state index in [1.54, 1.807) is 19.4 Å². The molecule has 1 aliphatic carbocycles. The van der Waals surface area contributed by atoms with E-state index in [4.69, 9.17) is 4.74 Å². The van der Waals surface area contributed by atoms with Gasteiger partial charge in [0.2, 0.25) is 0 Å². The molecular formula is C12H17N3O2. The number of rotatable bonds is 2. The number of likely N-dealkylation sites (tertiary alicyclic amines) is 1. The molecule has 1 aromatic rings. The molecular weight excluding hydrogens is 218 g/mol. The molecule has 1 unspecified atom stereocenters. The summed E-state index contributed by atoms with van der Waals surface area (Å²) >= 11 is 0. The van der Waals surface area contributed by atoms with Crippen LogP contribution < -0.4 is 0 Å². The van der Waals surface area contributed by atoms with Crippen molar-refractivity contribution in [1.29, 1.82) is 0 Å². The van der Waals surface area contributed by atoms with Gasteiger partial charge in [-0.05, 0) is 30.7 Å². The molecule has 1 N–H and O–H groups in total. The number of H-pyrrole nitrogens is 1. The molecule has 2 heterocycles. The number of hydrogen-bond acceptors (Lipinski definition) is 3. The molecule has 17 heavy (non-hydrogen) atoms. The van der Waals surface area contributed by atoms with Crippen LogP contribution in [0.2, 0.25) is 0 Å². The van der Waals surface area contributed by atoms with Gasteiger partial charge in [0.05, 0.1) is 6.10 Å². The lowest BCUT2D eigenvalue weighted by Gasteiger charge is -2.17. The summed E-state index contributed by atoms with van der Waals surface area (Å²) in [5.41, 5.74) is 0.591. The van der Waals surface area contributed by atoms with E-state index in [1.165, 1.54) is 0 Å². The maximum absolute atomic E-state index is 12.1. The third-order valence-corrected chi connectivity index (χ3v) is 4.06. The number of ether oxygens (including phenoxy) is 1. The van der Waals surface area contributed by atoms with Gasteiger partial charge in [-0.2, -0.15) is 5.10 Å². The molecule has 0 bridgehead atoms. The first-order valence-corrected chi connectivity index (χ1v) is 6.09. The van der Waals surface area contributed by atoms with E-state index in [0.29, 0.717) is 23.6 Å². The molecule has 1 amide bonds. The number of fused-ring (bicyclic) bond motifs is 1. The second-order valence-corrected chi connectivity index (χ2v) is 5.03. The van der Waals surface area contributed by atoms with Gasteiger partial charge in [0, 0.05) is 26.4 Å². The summed E-state index contributed by atoms with van der Waals surface area (Å²) in [5, 5.41) is 6.55. The average Bonchev–Trinajstić information content (AvgIpc) is 3.02. The van der Waals surface area contributed by atoms with Crippen molar-refractivity contribution in [2.45, 2.75) is 18.9 Å². The maximum atomic E-state index is 12.1. The van der Waals surface area contributed by atoms with Gasteiger partial charge in [0.15, 0.2) is 0 Å². The van der Waals surface area contributed by atoms with Gasteiger partial charge in [-0.3, -0.25) is 9.89 Å². The fraction of sp³-hybridized carbons (Fsp3) is 0.667. The molecule has 0 aromatic carbocycles. The first-order chi connectivity index (χ1) is 8.28. The molecule has 1 saturated carbocycles. The Morgan fingerprint density at radius 2 is 2.18 bits per heavy atom. The molecule has 5 heteroatoms. The van der Waals surface area contributed by atoms with Crippen LogP contribution in [0, 0.1) is 11.8 Å². The number of aromatic nitrogens is 2. The van der Waals surface area contributed by atoms with E-state index in [0.717, 1.165) is 25.9 Å². The van der Waals surface area contributed by atoms with Crippen LogP contribution in [0.5, 0.6) is 0 Å². The number of carbonyl (C=O) groups is 1. The molecule has 2 aliphatic rings. The fourth-order valence-electron chi connectivity index (χ4n) is 3.15. The largest absolute Gasteiger partial charge is 0.381 e. The van der Waals surface area contributed by atoms with Crippen molar-refractivity contribution in [3.05, 3.63) is 18.0 Å². The molecule has 3 atom stereocenters. The summed E-state index contributed by atoms with van der Waals surface area (Å²) in [6.45, 7) is 1.73. The quantitative estimate of drug-likeness (QED) is 0.828. The maximum Gasteiger partial charge on any atom is 0.271 e. The summed E-state index contributed by atoms with van der Waals surface area (Å²) in [5.74, 6) is 1.31. The van der Waals surface area contributed by atoms with Gasteiger partial charge in [-0.25, -0.2) is 0 Å². The fourth-order valence-corrected chi connectivity index (χ4v) is 3.15. The van der Waals surface area contributed by atoms with E-state index in [-0.39, 0.29) is 5.91 Å². The lowest BCUT2D eigenvalue weighted by atomic mass is 10.0. The minimum Gasteiger partial charge on any atom is -0.381 e. The molecule has 1 saturated heterocycles. The molecule has 3 rings (SSSR count). The summed E-state index contributed by atoms with van der Waals surface area (Å²) in [7, 11) is 1.78. The van der Waals surface area contributed by atoms with Crippen LogP contribution >= 0.6 is 0 Å². The van der Waals surface area contributed by atoms with Crippen molar-refractivity contribution < 1.29 is 9.53 Å². The van der Waals surface area contributed by atoms with Crippen LogP contribution in [-0.2, 0) is 4.74 Å². The van der Waals surface area contributed by atoms with Crippen molar-refractivity contribution in [1.82, 2.24) is 15.1 Å². The van der Waals surface area contributed by atoms with Gasteiger partial charge in [0.1, 0.15) is 5.69 Å². The lowest BCUT2D eigenvalue weighted by Crippen LogP contribution is -2.30. The number of hydrogen-bond donors (Lipinski definition) is 1. The van der Waals surface area contributed by atoms with Crippen molar-refractivity contribution >= 4 is 5.91 Å². The lowest BCUT2D eigenvalue weighted by molar-refractivity contribution is 0.0726. The Kier molecular flexibility index (Phi) is 2.63. The third-order valence-electron chi connectivity index (χ3n) is 4.06. The molecule has 2 fully saturated rings. The summed E-state index contributed by atoms with van der Waals surface area (Å²) < 4.78 is 5.40. The van der Waals surface area contributed by atoms with Crippen LogP contribution in [0.4, 0.5) is 0 Å². The van der Waals surface area contributed by atoms with Crippen LogP contribution in [0.3, 0.4) is 0 Å². The highest BCUT2D eigenvalue weighted by Crippen LogP contribution is 2.39. The Hall–Kier alpha value is -1.36. The molecule has 0 spiro atoms. The van der Waals surface area contributed by atoms with Gasteiger partial charge in [0.25, 0.3) is 5.91 Å². The van der Waals surface area contributed by atoms with Crippen molar-refractivity contribution in [3.63, 3.8) is 0 Å². The summed E-state index contributed by atoms with van der Waals surface area (Å²) in [6.07, 6.45) is 4.20. The Morgan fingerprint density at radius 3 is 2.71 bits per heavy atom. The topological polar surface area (TPSA) is 58.2 Å². The van der Waals surface area contributed by atoms with Gasteiger partial charge >= 0.3 is 0 Å². The van der Waals surface area contributed by atoms with E-state index in [9.17, 15) is 4.79 Å². The van der Waals surface area contributed by atoms with E-state index < -0.39 is 0 Å². The summed E-state index contributed by atoms with van der Waals surface area (Å²) in [6, 6.07) is 1.73. The highest BCUT2D eigenvalue weighted by molar-refractivity contribution is 5.92. The highest BCUT2D eigenvalue weighted by Gasteiger charge is 2.42. The number of amides is 1. The first-order valence-electron chi connectivity index (χ1n) is 6.09. The Balaban J connectivity index is 1.65. The molecule has 92 valence electrons. The van der Waals surface area contributed by atoms with Crippen LogP contribution in [0.25, 0.3) is 0 Å². The third kappa shape index (κ3) is 1.84. The smallest absolute Gasteiger partial charge is 0.271 e. The number of methoxy groups -OCH3 is 1. The Labute approximate surface area is 100 Å².